The maximum absolute atomic E-state index is 11.9. The third kappa shape index (κ3) is 27.3. The molecule has 8 aromatic rings. The third-order valence-corrected chi connectivity index (χ3v) is 14.1. The van der Waals surface area contributed by atoms with Crippen molar-refractivity contribution >= 4 is 94.9 Å². The summed E-state index contributed by atoms with van der Waals surface area (Å²) in [5.41, 5.74) is 5.51. The second kappa shape index (κ2) is 39.4. The molecular formula is C80H72O24. The van der Waals surface area contributed by atoms with Crippen LogP contribution >= 0.6 is 0 Å². The summed E-state index contributed by atoms with van der Waals surface area (Å²) in [7, 11) is 2.86. The smallest absolute Gasteiger partial charge is 0.163 e. The summed E-state index contributed by atoms with van der Waals surface area (Å²) >= 11 is 0. The van der Waals surface area contributed by atoms with Gasteiger partial charge in [0.05, 0.1) is 39.9 Å². The van der Waals surface area contributed by atoms with Crippen LogP contribution in [-0.2, 0) is 38.4 Å². The number of allylic oxidation sites excluding steroid dienone is 8. The summed E-state index contributed by atoms with van der Waals surface area (Å²) < 4.78 is 9.91. The predicted octanol–water partition coefficient (Wildman–Crippen LogP) is 12.3. The largest absolute Gasteiger partial charge is 0.504 e. The van der Waals surface area contributed by atoms with E-state index in [1.165, 1.54) is 215 Å². The minimum atomic E-state index is -0.419. The molecule has 8 aromatic carbocycles. The van der Waals surface area contributed by atoms with Gasteiger partial charge in [-0.2, -0.15) is 0 Å². The molecule has 0 atom stereocenters. The first-order valence-corrected chi connectivity index (χ1v) is 30.8. The van der Waals surface area contributed by atoms with Gasteiger partial charge in [-0.3, -0.25) is 38.4 Å². The number of hydrogen-bond donors (Lipinski definition) is 14. The molecule has 0 aliphatic heterocycles. The number of rotatable bonds is 26. The van der Waals surface area contributed by atoms with Gasteiger partial charge in [0.1, 0.15) is 0 Å². The summed E-state index contributed by atoms with van der Waals surface area (Å²) in [4.78, 5) is 94.7. The highest BCUT2D eigenvalue weighted by atomic mass is 16.5. The number of ether oxygens (including phenoxy) is 2. The van der Waals surface area contributed by atoms with Crippen molar-refractivity contribution in [1.82, 2.24) is 0 Å². The van der Waals surface area contributed by atoms with Crippen LogP contribution in [0.5, 0.6) is 92.0 Å². The fourth-order valence-corrected chi connectivity index (χ4v) is 8.61. The molecule has 8 rings (SSSR count). The number of hydrogen-bond acceptors (Lipinski definition) is 24. The fraction of sp³-hybridized carbons (Fsp3) is 0.100. The van der Waals surface area contributed by atoms with Crippen molar-refractivity contribution in [2.75, 3.05) is 14.2 Å². The number of ketones is 8. The summed E-state index contributed by atoms with van der Waals surface area (Å²) in [6.07, 6.45) is 20.3. The van der Waals surface area contributed by atoms with Crippen LogP contribution in [0.1, 0.15) is 81.3 Å². The summed E-state index contributed by atoms with van der Waals surface area (Å²) in [6.45, 7) is 3.33. The molecule has 24 heteroatoms. The van der Waals surface area contributed by atoms with E-state index in [0.717, 1.165) is 0 Å². The molecular weight excluding hydrogens is 1340 g/mol. The minimum Gasteiger partial charge on any atom is -0.504 e. The highest BCUT2D eigenvalue weighted by molar-refractivity contribution is 6.13. The van der Waals surface area contributed by atoms with Crippen molar-refractivity contribution in [3.63, 3.8) is 0 Å². The van der Waals surface area contributed by atoms with Crippen molar-refractivity contribution < 1.29 is 119 Å². The molecule has 0 heterocycles. The van der Waals surface area contributed by atoms with Crippen LogP contribution in [0.2, 0.25) is 0 Å². The van der Waals surface area contributed by atoms with E-state index < -0.39 is 34.7 Å². The summed E-state index contributed by atoms with van der Waals surface area (Å²) in [5.74, 6) is -5.89. The Kier molecular flexibility index (Phi) is 30.5. The molecule has 0 aliphatic rings. The number of phenolic OH excluding ortho intramolecular Hbond substituents is 14. The number of phenols is 14. The van der Waals surface area contributed by atoms with Crippen LogP contribution < -0.4 is 9.47 Å². The van der Waals surface area contributed by atoms with E-state index in [-0.39, 0.29) is 123 Å². The Balaban J connectivity index is 0.000000249. The molecule has 0 spiro atoms. The quantitative estimate of drug-likeness (QED) is 0.0136. The first-order valence-electron chi connectivity index (χ1n) is 30.8. The van der Waals surface area contributed by atoms with Gasteiger partial charge in [-0.25, -0.2) is 0 Å². The standard InChI is InChI=1S/4C20H18O6/c1-26-20-9-5-14(11-19(20)25)3-7-16(22)12-15(21)6-2-13-4-8-17(23)18(24)10-13;1-26-20-11-14(5-9-18(20)24)3-7-16(22)12-15(21)6-2-13-4-8-17(23)19(25)10-13;1-12-8-18(24)20(26)10-14(12)4-6-16(22)11-15(21)5-2-13-3-7-17(23)19(25)9-13;1-12-8-14(10-19(25)20(12)26)3-6-16(22)11-15(21)5-2-13-4-7-17(23)18(24)9-13/h2*2-11,23-25H,12H2,1H3;2*2-10,23-26H,11H2,1H3/b2*6-2+,7-3+;5-2+,6-4+;5-2+,6-3+. The van der Waals surface area contributed by atoms with Crippen LogP contribution in [0, 0.1) is 13.8 Å². The van der Waals surface area contributed by atoms with E-state index in [1.54, 1.807) is 44.2 Å². The second-order valence-electron chi connectivity index (χ2n) is 22.4. The molecule has 0 fully saturated rings. The summed E-state index contributed by atoms with van der Waals surface area (Å²) in [5, 5.41) is 132. The van der Waals surface area contributed by atoms with Gasteiger partial charge in [0.2, 0.25) is 0 Å². The number of aryl methyl sites for hydroxylation is 2. The zero-order chi connectivity index (χ0) is 76.7. The highest BCUT2D eigenvalue weighted by Gasteiger charge is 2.12. The molecule has 0 saturated carbocycles. The molecule has 0 saturated heterocycles. The Morgan fingerprint density at radius 3 is 0.817 bits per heavy atom. The van der Waals surface area contributed by atoms with Crippen molar-refractivity contribution in [1.29, 1.82) is 0 Å². The van der Waals surface area contributed by atoms with Crippen molar-refractivity contribution in [2.45, 2.75) is 39.5 Å². The highest BCUT2D eigenvalue weighted by Crippen LogP contribution is 2.34. The summed E-state index contributed by atoms with van der Waals surface area (Å²) in [6, 6.07) is 31.4. The predicted molar refractivity (Wildman–Crippen MR) is 388 cm³/mol. The van der Waals surface area contributed by atoms with E-state index in [1.807, 2.05) is 0 Å². The molecule has 0 radical (unpaired) electrons. The average Bonchev–Trinajstić information content (AvgIpc) is 0.860. The van der Waals surface area contributed by atoms with Crippen molar-refractivity contribution in [2.24, 2.45) is 0 Å². The SMILES string of the molecule is COc1cc(/C=C/C(=O)CC(=O)/C=C/c2ccc(O)c(O)c2)ccc1O.COc1ccc(/C=C/C(=O)CC(=O)/C=C/c2ccc(O)c(O)c2)cc1O.Cc1cc(/C=C/C(=O)CC(=O)/C=C/c2ccc(O)c(O)c2)cc(O)c1O.Cc1cc(O)c(O)cc1/C=C/C(=O)CC(=O)/C=C/c1ccc(O)c(O)c1. The van der Waals surface area contributed by atoms with Gasteiger partial charge >= 0.3 is 0 Å². The Hall–Kier alpha value is -14.2. The molecule has 0 unspecified atom stereocenters. The van der Waals surface area contributed by atoms with Gasteiger partial charge in [-0.1, -0.05) is 85.0 Å². The van der Waals surface area contributed by atoms with Gasteiger partial charge in [0.15, 0.2) is 138 Å². The third-order valence-electron chi connectivity index (χ3n) is 14.1. The van der Waals surface area contributed by atoms with Gasteiger partial charge in [-0.15, -0.1) is 0 Å². The van der Waals surface area contributed by atoms with E-state index in [2.05, 4.69) is 0 Å². The molecule has 24 nitrogen and oxygen atoms in total. The molecule has 0 bridgehead atoms. The maximum Gasteiger partial charge on any atom is 0.163 e. The molecule has 0 amide bonds. The maximum atomic E-state index is 11.9. The zero-order valence-electron chi connectivity index (χ0n) is 56.1. The van der Waals surface area contributed by atoms with Crippen molar-refractivity contribution in [3.8, 4) is 92.0 Å². The van der Waals surface area contributed by atoms with Crippen LogP contribution in [0.3, 0.4) is 0 Å². The number of carbonyl (C=O) groups is 8. The van der Waals surface area contributed by atoms with E-state index in [9.17, 15) is 110 Å². The van der Waals surface area contributed by atoms with Crippen LogP contribution in [0.4, 0.5) is 0 Å². The Morgan fingerprint density at radius 2 is 0.510 bits per heavy atom. The lowest BCUT2D eigenvalue weighted by atomic mass is 10.1. The number of aromatic hydroxyl groups is 14. The Morgan fingerprint density at radius 1 is 0.250 bits per heavy atom. The molecule has 104 heavy (non-hydrogen) atoms. The minimum absolute atomic E-state index is 0.00319. The van der Waals surface area contributed by atoms with E-state index in [0.29, 0.717) is 61.4 Å². The lowest BCUT2D eigenvalue weighted by Gasteiger charge is -2.03. The second-order valence-corrected chi connectivity index (χ2v) is 22.4. The average molecular weight is 1420 g/mol. The van der Waals surface area contributed by atoms with Crippen LogP contribution in [-0.4, -0.2) is 132 Å². The van der Waals surface area contributed by atoms with E-state index in [4.69, 9.17) is 9.47 Å². The number of benzene rings is 8. The lowest BCUT2D eigenvalue weighted by Crippen LogP contribution is -2.02. The van der Waals surface area contributed by atoms with E-state index >= 15 is 0 Å². The molecule has 536 valence electrons. The molecule has 0 aliphatic carbocycles. The van der Waals surface area contributed by atoms with Crippen LogP contribution in [0.15, 0.2) is 182 Å². The first-order chi connectivity index (χ1) is 49.3. The Labute approximate surface area is 595 Å². The van der Waals surface area contributed by atoms with Gasteiger partial charge in [-0.05, 0) is 215 Å². The van der Waals surface area contributed by atoms with Gasteiger partial charge < -0.3 is 81.0 Å². The Bertz CT molecular complexity index is 4750. The monoisotopic (exact) mass is 1420 g/mol. The first kappa shape index (κ1) is 80.5. The van der Waals surface area contributed by atoms with Crippen LogP contribution in [0.25, 0.3) is 48.6 Å². The van der Waals surface area contributed by atoms with Gasteiger partial charge in [0, 0.05) is 0 Å². The topological polar surface area (TPSA) is 438 Å². The molecule has 14 N–H and O–H groups in total. The zero-order valence-corrected chi connectivity index (χ0v) is 56.1. The molecule has 0 aromatic heterocycles. The normalized spacial score (nSPS) is 11.2. The number of carbonyl (C=O) groups excluding carboxylic acids is 8. The number of methoxy groups -OCH3 is 2. The van der Waals surface area contributed by atoms with Crippen molar-refractivity contribution in [3.05, 3.63) is 238 Å². The lowest BCUT2D eigenvalue weighted by molar-refractivity contribution is -0.123. The van der Waals surface area contributed by atoms with Gasteiger partial charge in [0.25, 0.3) is 0 Å². The fourth-order valence-electron chi connectivity index (χ4n) is 8.61.